The van der Waals surface area contributed by atoms with Gasteiger partial charge >= 0.3 is 12.1 Å². The SMILES string of the molecule is CC(C)(C)[C@@H](NC(=O)c1ccc(C(F)(F)F)cn1)C(=O)O. The minimum atomic E-state index is -4.54. The summed E-state index contributed by atoms with van der Waals surface area (Å²) in [6, 6.07) is 0.434. The van der Waals surface area contributed by atoms with Crippen LogP contribution in [0.4, 0.5) is 13.2 Å². The van der Waals surface area contributed by atoms with Crippen molar-refractivity contribution in [2.45, 2.75) is 33.0 Å². The molecule has 0 bridgehead atoms. The maximum atomic E-state index is 12.4. The molecule has 1 heterocycles. The second-order valence-corrected chi connectivity index (χ2v) is 5.54. The first-order valence-corrected chi connectivity index (χ1v) is 6.00. The molecular formula is C13H15F3N2O3. The van der Waals surface area contributed by atoms with E-state index in [4.69, 9.17) is 5.11 Å². The summed E-state index contributed by atoms with van der Waals surface area (Å²) in [7, 11) is 0. The normalized spacial score (nSPS) is 13.6. The van der Waals surface area contributed by atoms with Crippen LogP contribution in [0.5, 0.6) is 0 Å². The average molecular weight is 304 g/mol. The molecule has 0 spiro atoms. The molecule has 1 aromatic heterocycles. The number of aromatic nitrogens is 1. The fraction of sp³-hybridized carbons (Fsp3) is 0.462. The van der Waals surface area contributed by atoms with Crippen molar-refractivity contribution < 1.29 is 27.9 Å². The number of amides is 1. The zero-order valence-electron chi connectivity index (χ0n) is 11.7. The van der Waals surface area contributed by atoms with Gasteiger partial charge in [0.05, 0.1) is 5.56 Å². The Morgan fingerprint density at radius 1 is 1.24 bits per heavy atom. The highest BCUT2D eigenvalue weighted by Gasteiger charge is 2.34. The van der Waals surface area contributed by atoms with E-state index in [2.05, 4.69) is 10.3 Å². The molecule has 1 rings (SSSR count). The molecule has 2 N–H and O–H groups in total. The Balaban J connectivity index is 2.92. The molecule has 0 aliphatic rings. The standard InChI is InChI=1S/C13H15F3N2O3/c1-12(2,3)9(11(20)21)18-10(19)8-5-4-7(6-17-8)13(14,15)16/h4-6,9H,1-3H3,(H,18,19)(H,20,21)/t9-/m0/s1. The largest absolute Gasteiger partial charge is 0.480 e. The van der Waals surface area contributed by atoms with E-state index in [0.717, 1.165) is 12.1 Å². The van der Waals surface area contributed by atoms with E-state index >= 15 is 0 Å². The number of carbonyl (C=O) groups excluding carboxylic acids is 1. The number of nitrogens with one attached hydrogen (secondary N) is 1. The van der Waals surface area contributed by atoms with Gasteiger partial charge < -0.3 is 10.4 Å². The molecule has 0 aliphatic heterocycles. The molecule has 0 aliphatic carbocycles. The monoisotopic (exact) mass is 304 g/mol. The number of nitrogens with zero attached hydrogens (tertiary/aromatic N) is 1. The van der Waals surface area contributed by atoms with Gasteiger partial charge in [0.1, 0.15) is 11.7 Å². The highest BCUT2D eigenvalue weighted by molar-refractivity contribution is 5.95. The lowest BCUT2D eigenvalue weighted by Gasteiger charge is -2.27. The van der Waals surface area contributed by atoms with Crippen molar-refractivity contribution in [3.05, 3.63) is 29.6 Å². The van der Waals surface area contributed by atoms with Crippen LogP contribution in [0, 0.1) is 5.41 Å². The summed E-state index contributed by atoms with van der Waals surface area (Å²) in [5.74, 6) is -2.08. The van der Waals surface area contributed by atoms with Crippen LogP contribution in [-0.4, -0.2) is 28.0 Å². The summed E-state index contributed by atoms with van der Waals surface area (Å²) in [6.45, 7) is 4.85. The highest BCUT2D eigenvalue weighted by Crippen LogP contribution is 2.28. The number of rotatable bonds is 3. The Labute approximate surface area is 119 Å². The average Bonchev–Trinajstić information content (AvgIpc) is 2.33. The van der Waals surface area contributed by atoms with Crippen LogP contribution in [0.15, 0.2) is 18.3 Å². The Morgan fingerprint density at radius 2 is 1.81 bits per heavy atom. The molecule has 21 heavy (non-hydrogen) atoms. The van der Waals surface area contributed by atoms with Crippen molar-refractivity contribution >= 4 is 11.9 Å². The number of hydrogen-bond acceptors (Lipinski definition) is 3. The third-order valence-corrected chi connectivity index (χ3v) is 2.71. The van der Waals surface area contributed by atoms with Gasteiger partial charge in [-0.3, -0.25) is 9.78 Å². The van der Waals surface area contributed by atoms with Gasteiger partial charge in [0, 0.05) is 6.20 Å². The van der Waals surface area contributed by atoms with Gasteiger partial charge in [-0.15, -0.1) is 0 Å². The third-order valence-electron chi connectivity index (χ3n) is 2.71. The Morgan fingerprint density at radius 3 is 2.14 bits per heavy atom. The summed E-state index contributed by atoms with van der Waals surface area (Å²) in [6.07, 6.45) is -4.02. The van der Waals surface area contributed by atoms with Gasteiger partial charge in [-0.1, -0.05) is 20.8 Å². The van der Waals surface area contributed by atoms with E-state index in [9.17, 15) is 22.8 Å². The molecule has 0 saturated heterocycles. The summed E-state index contributed by atoms with van der Waals surface area (Å²) in [4.78, 5) is 26.4. The molecule has 0 aromatic carbocycles. The number of carboxylic acids is 1. The summed E-state index contributed by atoms with van der Waals surface area (Å²) in [5.41, 5.74) is -2.02. The second kappa shape index (κ2) is 5.71. The molecule has 1 aromatic rings. The minimum Gasteiger partial charge on any atom is -0.480 e. The number of carboxylic acid groups (broad SMARTS) is 1. The van der Waals surface area contributed by atoms with Gasteiger partial charge in [0.25, 0.3) is 5.91 Å². The van der Waals surface area contributed by atoms with Gasteiger partial charge in [-0.2, -0.15) is 13.2 Å². The third kappa shape index (κ3) is 4.44. The van der Waals surface area contributed by atoms with Crippen LogP contribution in [0.1, 0.15) is 36.8 Å². The Hall–Kier alpha value is -2.12. The number of alkyl halides is 3. The molecule has 0 saturated carbocycles. The predicted molar refractivity (Wildman–Crippen MR) is 67.6 cm³/mol. The zero-order chi connectivity index (χ0) is 16.4. The topological polar surface area (TPSA) is 79.3 Å². The smallest absolute Gasteiger partial charge is 0.417 e. The highest BCUT2D eigenvalue weighted by atomic mass is 19.4. The molecule has 1 amide bonds. The van der Waals surface area contributed by atoms with E-state index in [1.54, 1.807) is 20.8 Å². The van der Waals surface area contributed by atoms with Gasteiger partial charge in [-0.05, 0) is 17.5 Å². The van der Waals surface area contributed by atoms with Gasteiger partial charge in [-0.25, -0.2) is 4.79 Å². The fourth-order valence-electron chi connectivity index (χ4n) is 1.55. The van der Waals surface area contributed by atoms with Crippen molar-refractivity contribution in [2.75, 3.05) is 0 Å². The maximum Gasteiger partial charge on any atom is 0.417 e. The fourth-order valence-corrected chi connectivity index (χ4v) is 1.55. The van der Waals surface area contributed by atoms with Crippen LogP contribution in [-0.2, 0) is 11.0 Å². The lowest BCUT2D eigenvalue weighted by atomic mass is 9.86. The molecule has 0 radical (unpaired) electrons. The number of hydrogen-bond donors (Lipinski definition) is 2. The Bertz CT molecular complexity index is 533. The lowest BCUT2D eigenvalue weighted by Crippen LogP contribution is -2.49. The minimum absolute atomic E-state index is 0.279. The van der Waals surface area contributed by atoms with Crippen molar-refractivity contribution in [3.63, 3.8) is 0 Å². The van der Waals surface area contributed by atoms with Crippen molar-refractivity contribution in [1.29, 1.82) is 0 Å². The van der Waals surface area contributed by atoms with E-state index < -0.39 is 35.1 Å². The van der Waals surface area contributed by atoms with E-state index in [1.165, 1.54) is 0 Å². The molecule has 116 valence electrons. The van der Waals surface area contributed by atoms with Crippen LogP contribution in [0.25, 0.3) is 0 Å². The first-order chi connectivity index (χ1) is 9.43. The molecule has 0 unspecified atom stereocenters. The van der Waals surface area contributed by atoms with Crippen LogP contribution < -0.4 is 5.32 Å². The number of carbonyl (C=O) groups is 2. The molecule has 0 fully saturated rings. The number of halogens is 3. The van der Waals surface area contributed by atoms with E-state index in [1.807, 2.05) is 0 Å². The molecular weight excluding hydrogens is 289 g/mol. The van der Waals surface area contributed by atoms with Crippen molar-refractivity contribution in [2.24, 2.45) is 5.41 Å². The quantitative estimate of drug-likeness (QED) is 0.898. The summed E-state index contributed by atoms with van der Waals surface area (Å²) >= 11 is 0. The second-order valence-electron chi connectivity index (χ2n) is 5.54. The predicted octanol–water partition coefficient (Wildman–Crippen LogP) is 2.33. The molecule has 8 heteroatoms. The summed E-state index contributed by atoms with van der Waals surface area (Å²) < 4.78 is 37.1. The first kappa shape index (κ1) is 16.9. The van der Waals surface area contributed by atoms with Crippen LogP contribution >= 0.6 is 0 Å². The number of aliphatic carboxylic acids is 1. The maximum absolute atomic E-state index is 12.4. The van der Waals surface area contributed by atoms with Gasteiger partial charge in [0.2, 0.25) is 0 Å². The lowest BCUT2D eigenvalue weighted by molar-refractivity contribution is -0.142. The van der Waals surface area contributed by atoms with Crippen LogP contribution in [0.3, 0.4) is 0 Å². The zero-order valence-corrected chi connectivity index (χ0v) is 11.7. The van der Waals surface area contributed by atoms with E-state index in [-0.39, 0.29) is 5.69 Å². The van der Waals surface area contributed by atoms with E-state index in [0.29, 0.717) is 6.20 Å². The Kier molecular flexibility index (Phi) is 4.60. The summed E-state index contributed by atoms with van der Waals surface area (Å²) in [5, 5.41) is 11.3. The molecule has 5 nitrogen and oxygen atoms in total. The van der Waals surface area contributed by atoms with Crippen LogP contribution in [0.2, 0.25) is 0 Å². The number of pyridine rings is 1. The van der Waals surface area contributed by atoms with Crippen molar-refractivity contribution in [1.82, 2.24) is 10.3 Å². The van der Waals surface area contributed by atoms with Gasteiger partial charge in [0.15, 0.2) is 0 Å². The molecule has 1 atom stereocenters. The van der Waals surface area contributed by atoms with Crippen molar-refractivity contribution in [3.8, 4) is 0 Å². The first-order valence-electron chi connectivity index (χ1n) is 6.00.